The van der Waals surface area contributed by atoms with Gasteiger partial charge in [-0.2, -0.15) is 5.26 Å². The number of thioether (sulfide) groups is 1. The summed E-state index contributed by atoms with van der Waals surface area (Å²) < 4.78 is 0. The van der Waals surface area contributed by atoms with E-state index in [1.807, 2.05) is 0 Å². The summed E-state index contributed by atoms with van der Waals surface area (Å²) in [5, 5.41) is 13.3. The molecule has 5 N–H and O–H groups in total. The maximum atomic E-state index is 12.3. The zero-order valence-corrected chi connectivity index (χ0v) is 15.2. The number of thiophene rings is 1. The van der Waals surface area contributed by atoms with Crippen LogP contribution in [0.1, 0.15) is 35.3 Å². The lowest BCUT2D eigenvalue weighted by Gasteiger charge is -2.04. The third-order valence-electron chi connectivity index (χ3n) is 3.86. The highest BCUT2D eigenvalue weighted by Gasteiger charge is 2.21. The monoisotopic (exact) mass is 374 g/mol. The number of carbonyl (C=O) groups excluding carboxylic acids is 1. The van der Waals surface area contributed by atoms with Crippen LogP contribution in [-0.4, -0.2) is 21.6 Å². The number of anilines is 3. The molecular weight excluding hydrogens is 356 g/mol. The van der Waals surface area contributed by atoms with Crippen LogP contribution in [0.4, 0.5) is 16.6 Å². The molecular formula is C16H18N6OS2. The van der Waals surface area contributed by atoms with Gasteiger partial charge >= 0.3 is 0 Å². The third-order valence-corrected chi connectivity index (χ3v) is 5.92. The van der Waals surface area contributed by atoms with Crippen molar-refractivity contribution in [3.63, 3.8) is 0 Å². The van der Waals surface area contributed by atoms with Crippen molar-refractivity contribution in [2.45, 2.75) is 37.3 Å². The number of aryl methyl sites for hydroxylation is 1. The highest BCUT2D eigenvalue weighted by Crippen LogP contribution is 2.37. The zero-order valence-electron chi connectivity index (χ0n) is 13.5. The summed E-state index contributed by atoms with van der Waals surface area (Å²) >= 11 is 2.68. The molecule has 9 heteroatoms. The zero-order chi connectivity index (χ0) is 17.8. The standard InChI is InChI=1S/C16H18N6OS2/c17-7-10-9-4-2-1-3-5-11(9)25-15(10)22-14(23)8-24-16-20-12(18)6-13(19)21-16/h6H,1-5,8H2,(H,22,23)(H4,18,19,20,21). The average Bonchev–Trinajstić information content (AvgIpc) is 2.72. The molecule has 0 spiro atoms. The number of nitrogens with two attached hydrogens (primary N) is 2. The largest absolute Gasteiger partial charge is 0.383 e. The van der Waals surface area contributed by atoms with Gasteiger partial charge in [0.2, 0.25) is 5.91 Å². The van der Waals surface area contributed by atoms with Crippen LogP contribution in [0.3, 0.4) is 0 Å². The number of carbonyl (C=O) groups is 1. The van der Waals surface area contributed by atoms with Crippen molar-refractivity contribution in [1.82, 2.24) is 9.97 Å². The molecule has 2 aromatic rings. The van der Waals surface area contributed by atoms with Crippen molar-refractivity contribution >= 4 is 45.6 Å². The van der Waals surface area contributed by atoms with Gasteiger partial charge in [0.25, 0.3) is 0 Å². The van der Waals surface area contributed by atoms with Gasteiger partial charge in [-0.3, -0.25) is 4.79 Å². The van der Waals surface area contributed by atoms with Crippen LogP contribution in [0, 0.1) is 11.3 Å². The Bertz CT molecular complexity index is 822. The minimum atomic E-state index is -0.206. The van der Waals surface area contributed by atoms with E-state index >= 15 is 0 Å². The SMILES string of the molecule is N#Cc1c(NC(=O)CSc2nc(N)cc(N)n2)sc2c1CCCCC2. The lowest BCUT2D eigenvalue weighted by molar-refractivity contribution is -0.113. The summed E-state index contributed by atoms with van der Waals surface area (Å²) in [7, 11) is 0. The summed E-state index contributed by atoms with van der Waals surface area (Å²) in [5.41, 5.74) is 13.0. The van der Waals surface area contributed by atoms with Gasteiger partial charge in [-0.1, -0.05) is 18.2 Å². The topological polar surface area (TPSA) is 131 Å². The van der Waals surface area contributed by atoms with Gasteiger partial charge in [-0.05, 0) is 31.2 Å². The third kappa shape index (κ3) is 4.21. The van der Waals surface area contributed by atoms with Gasteiger partial charge < -0.3 is 16.8 Å². The lowest BCUT2D eigenvalue weighted by atomic mass is 10.1. The molecule has 0 aliphatic heterocycles. The van der Waals surface area contributed by atoms with E-state index in [4.69, 9.17) is 11.5 Å². The second kappa shape index (κ2) is 7.72. The molecule has 1 amide bonds. The van der Waals surface area contributed by atoms with E-state index in [-0.39, 0.29) is 23.3 Å². The normalized spacial score (nSPS) is 13.6. The smallest absolute Gasteiger partial charge is 0.235 e. The van der Waals surface area contributed by atoms with E-state index in [1.165, 1.54) is 28.7 Å². The summed E-state index contributed by atoms with van der Waals surface area (Å²) in [5.74, 6) is 0.451. The van der Waals surface area contributed by atoms with Gasteiger partial charge in [0.15, 0.2) is 5.16 Å². The summed E-state index contributed by atoms with van der Waals surface area (Å²) in [6, 6.07) is 3.72. The average molecular weight is 374 g/mol. The molecule has 0 radical (unpaired) electrons. The fourth-order valence-corrected chi connectivity index (χ4v) is 4.70. The van der Waals surface area contributed by atoms with E-state index in [0.29, 0.717) is 15.7 Å². The molecule has 1 aliphatic rings. The van der Waals surface area contributed by atoms with Crippen LogP contribution in [0.25, 0.3) is 0 Å². The van der Waals surface area contributed by atoms with Crippen molar-refractivity contribution in [1.29, 1.82) is 5.26 Å². The Kier molecular flexibility index (Phi) is 5.40. The van der Waals surface area contributed by atoms with Crippen LogP contribution >= 0.6 is 23.1 Å². The Morgan fingerprint density at radius 3 is 2.72 bits per heavy atom. The number of nitrogen functional groups attached to an aromatic ring is 2. The first-order valence-electron chi connectivity index (χ1n) is 7.94. The number of nitrogens with one attached hydrogen (secondary N) is 1. The Labute approximate surface area is 153 Å². The van der Waals surface area contributed by atoms with E-state index in [9.17, 15) is 10.1 Å². The van der Waals surface area contributed by atoms with E-state index in [2.05, 4.69) is 21.4 Å². The molecule has 0 unspecified atom stereocenters. The van der Waals surface area contributed by atoms with E-state index in [1.54, 1.807) is 0 Å². The Morgan fingerprint density at radius 2 is 2.00 bits per heavy atom. The Hall–Kier alpha value is -2.31. The maximum Gasteiger partial charge on any atom is 0.235 e. The molecule has 0 saturated heterocycles. The van der Waals surface area contributed by atoms with Crippen molar-refractivity contribution < 1.29 is 4.79 Å². The van der Waals surface area contributed by atoms with Crippen LogP contribution in [0.15, 0.2) is 11.2 Å². The summed E-state index contributed by atoms with van der Waals surface area (Å²) in [4.78, 5) is 21.5. The Balaban J connectivity index is 1.68. The van der Waals surface area contributed by atoms with E-state index in [0.717, 1.165) is 43.0 Å². The van der Waals surface area contributed by atoms with Gasteiger partial charge in [-0.15, -0.1) is 11.3 Å². The molecule has 1 aliphatic carbocycles. The summed E-state index contributed by atoms with van der Waals surface area (Å²) in [6.07, 6.45) is 5.31. The predicted molar refractivity (Wildman–Crippen MR) is 101 cm³/mol. The minimum absolute atomic E-state index is 0.121. The first-order chi connectivity index (χ1) is 12.1. The summed E-state index contributed by atoms with van der Waals surface area (Å²) in [6.45, 7) is 0. The molecule has 0 saturated carbocycles. The highest BCUT2D eigenvalue weighted by atomic mass is 32.2. The predicted octanol–water partition coefficient (Wildman–Crippen LogP) is 2.57. The molecule has 2 heterocycles. The molecule has 7 nitrogen and oxygen atoms in total. The van der Waals surface area contributed by atoms with Gasteiger partial charge in [0.1, 0.15) is 22.7 Å². The number of nitrogens with zero attached hydrogens (tertiary/aromatic N) is 3. The highest BCUT2D eigenvalue weighted by molar-refractivity contribution is 7.99. The van der Waals surface area contributed by atoms with Crippen molar-refractivity contribution in [2.24, 2.45) is 0 Å². The fraction of sp³-hybridized carbons (Fsp3) is 0.375. The minimum Gasteiger partial charge on any atom is -0.383 e. The maximum absolute atomic E-state index is 12.3. The molecule has 3 rings (SSSR count). The first kappa shape index (κ1) is 17.5. The van der Waals surface area contributed by atoms with E-state index < -0.39 is 0 Å². The fourth-order valence-electron chi connectivity index (χ4n) is 2.77. The van der Waals surface area contributed by atoms with Gasteiger partial charge in [0, 0.05) is 10.9 Å². The second-order valence-corrected chi connectivity index (χ2v) is 7.77. The molecule has 2 aromatic heterocycles. The number of amides is 1. The second-order valence-electron chi connectivity index (χ2n) is 5.72. The molecule has 0 bridgehead atoms. The Morgan fingerprint density at radius 1 is 1.28 bits per heavy atom. The van der Waals surface area contributed by atoms with Crippen molar-refractivity contribution in [3.8, 4) is 6.07 Å². The molecule has 130 valence electrons. The number of fused-ring (bicyclic) bond motifs is 1. The van der Waals surface area contributed by atoms with Crippen molar-refractivity contribution in [3.05, 3.63) is 22.1 Å². The molecule has 0 aromatic carbocycles. The van der Waals surface area contributed by atoms with Gasteiger partial charge in [-0.25, -0.2) is 9.97 Å². The number of rotatable bonds is 4. The number of aromatic nitrogens is 2. The molecule has 0 fully saturated rings. The van der Waals surface area contributed by atoms with Crippen molar-refractivity contribution in [2.75, 3.05) is 22.5 Å². The molecule has 0 atom stereocenters. The van der Waals surface area contributed by atoms with Gasteiger partial charge in [0.05, 0.1) is 11.3 Å². The quantitative estimate of drug-likeness (QED) is 0.426. The first-order valence-corrected chi connectivity index (χ1v) is 9.74. The van der Waals surface area contributed by atoms with Crippen LogP contribution in [0.2, 0.25) is 0 Å². The lowest BCUT2D eigenvalue weighted by Crippen LogP contribution is -2.14. The van der Waals surface area contributed by atoms with Crippen LogP contribution < -0.4 is 16.8 Å². The van der Waals surface area contributed by atoms with Crippen LogP contribution in [-0.2, 0) is 17.6 Å². The molecule has 25 heavy (non-hydrogen) atoms. The number of nitriles is 1. The van der Waals surface area contributed by atoms with Crippen LogP contribution in [0.5, 0.6) is 0 Å². The number of hydrogen-bond acceptors (Lipinski definition) is 8. The number of hydrogen-bond donors (Lipinski definition) is 3.